The molecule has 0 N–H and O–H groups in total. The monoisotopic (exact) mass is 220 g/mol. The molecule has 88 valence electrons. The van der Waals surface area contributed by atoms with Crippen LogP contribution in [0.1, 0.15) is 27.2 Å². The minimum Gasteiger partial charge on any atom is -0.473 e. The topological polar surface area (TPSA) is 25.4 Å². The van der Waals surface area contributed by atoms with Gasteiger partial charge in [-0.2, -0.15) is 0 Å². The summed E-state index contributed by atoms with van der Waals surface area (Å²) in [6.45, 7) is 8.85. The van der Waals surface area contributed by atoms with Gasteiger partial charge in [0, 0.05) is 30.9 Å². The van der Waals surface area contributed by atoms with Gasteiger partial charge >= 0.3 is 0 Å². The molecule has 0 radical (unpaired) electrons. The van der Waals surface area contributed by atoms with E-state index in [4.69, 9.17) is 4.74 Å². The van der Waals surface area contributed by atoms with Crippen LogP contribution in [0.3, 0.4) is 0 Å². The van der Waals surface area contributed by atoms with Crippen molar-refractivity contribution in [3.63, 3.8) is 0 Å². The maximum absolute atomic E-state index is 5.85. The zero-order chi connectivity index (χ0) is 11.6. The largest absolute Gasteiger partial charge is 0.473 e. The van der Waals surface area contributed by atoms with Crippen molar-refractivity contribution in [3.05, 3.63) is 24.4 Å². The second-order valence-corrected chi connectivity index (χ2v) is 5.31. The highest BCUT2D eigenvalue weighted by Gasteiger charge is 2.31. The van der Waals surface area contributed by atoms with Crippen LogP contribution in [0.4, 0.5) is 0 Å². The van der Waals surface area contributed by atoms with Crippen molar-refractivity contribution >= 4 is 0 Å². The van der Waals surface area contributed by atoms with Crippen molar-refractivity contribution < 1.29 is 4.74 Å². The molecular weight excluding hydrogens is 200 g/mol. The van der Waals surface area contributed by atoms with E-state index in [0.717, 1.165) is 25.4 Å². The van der Waals surface area contributed by atoms with Gasteiger partial charge in [0.2, 0.25) is 5.88 Å². The first-order valence-corrected chi connectivity index (χ1v) is 5.88. The summed E-state index contributed by atoms with van der Waals surface area (Å²) in [7, 11) is 0. The van der Waals surface area contributed by atoms with Crippen molar-refractivity contribution in [2.75, 3.05) is 13.1 Å². The summed E-state index contributed by atoms with van der Waals surface area (Å²) in [6, 6.07) is 5.78. The Kier molecular flexibility index (Phi) is 3.15. The molecule has 0 bridgehead atoms. The van der Waals surface area contributed by atoms with Crippen molar-refractivity contribution in [2.24, 2.45) is 0 Å². The van der Waals surface area contributed by atoms with Crippen LogP contribution in [0, 0.1) is 0 Å². The fourth-order valence-electron chi connectivity index (χ4n) is 2.02. The molecule has 3 heteroatoms. The van der Waals surface area contributed by atoms with Gasteiger partial charge in [-0.15, -0.1) is 0 Å². The Morgan fingerprint density at radius 1 is 1.38 bits per heavy atom. The number of nitrogens with zero attached hydrogens (tertiary/aromatic N) is 2. The van der Waals surface area contributed by atoms with Crippen LogP contribution >= 0.6 is 0 Å². The number of pyridine rings is 1. The molecule has 1 aliphatic rings. The van der Waals surface area contributed by atoms with E-state index in [-0.39, 0.29) is 11.6 Å². The van der Waals surface area contributed by atoms with E-state index in [1.54, 1.807) is 6.20 Å². The van der Waals surface area contributed by atoms with E-state index in [0.29, 0.717) is 0 Å². The fraction of sp³-hybridized carbons (Fsp3) is 0.615. The van der Waals surface area contributed by atoms with Crippen molar-refractivity contribution in [3.8, 4) is 5.88 Å². The standard InChI is InChI=1S/C13H20N2O/c1-13(2,3)15-9-7-11(10-15)16-12-6-4-5-8-14-12/h4-6,8,11H,7,9-10H2,1-3H3. The van der Waals surface area contributed by atoms with Gasteiger partial charge in [-0.05, 0) is 33.3 Å². The van der Waals surface area contributed by atoms with E-state index in [9.17, 15) is 0 Å². The molecule has 0 aliphatic carbocycles. The zero-order valence-electron chi connectivity index (χ0n) is 10.3. The van der Waals surface area contributed by atoms with Crippen LogP contribution in [0.2, 0.25) is 0 Å². The minimum absolute atomic E-state index is 0.238. The number of hydrogen-bond acceptors (Lipinski definition) is 3. The Morgan fingerprint density at radius 3 is 2.75 bits per heavy atom. The average Bonchev–Trinajstić information content (AvgIpc) is 2.67. The third-order valence-electron chi connectivity index (χ3n) is 3.02. The molecule has 1 unspecified atom stereocenters. The molecule has 16 heavy (non-hydrogen) atoms. The highest BCUT2D eigenvalue weighted by molar-refractivity contribution is 5.10. The molecule has 0 spiro atoms. The lowest BCUT2D eigenvalue weighted by atomic mass is 10.1. The molecule has 1 aromatic rings. The molecule has 1 atom stereocenters. The quantitative estimate of drug-likeness (QED) is 0.765. The van der Waals surface area contributed by atoms with Crippen LogP contribution in [0.25, 0.3) is 0 Å². The van der Waals surface area contributed by atoms with Crippen molar-refractivity contribution in [1.82, 2.24) is 9.88 Å². The van der Waals surface area contributed by atoms with Gasteiger partial charge in [0.1, 0.15) is 6.10 Å². The number of likely N-dealkylation sites (tertiary alicyclic amines) is 1. The van der Waals surface area contributed by atoms with E-state index >= 15 is 0 Å². The lowest BCUT2D eigenvalue weighted by molar-refractivity contribution is 0.138. The van der Waals surface area contributed by atoms with Crippen molar-refractivity contribution in [2.45, 2.75) is 38.8 Å². The summed E-state index contributed by atoms with van der Waals surface area (Å²) < 4.78 is 5.85. The minimum atomic E-state index is 0.238. The highest BCUT2D eigenvalue weighted by atomic mass is 16.5. The molecule has 0 saturated carbocycles. The van der Waals surface area contributed by atoms with Gasteiger partial charge in [0.05, 0.1) is 0 Å². The molecule has 2 heterocycles. The van der Waals surface area contributed by atoms with E-state index < -0.39 is 0 Å². The molecule has 1 aromatic heterocycles. The Labute approximate surface area is 97.4 Å². The maximum Gasteiger partial charge on any atom is 0.213 e. The summed E-state index contributed by atoms with van der Waals surface area (Å²) in [5.74, 6) is 0.739. The van der Waals surface area contributed by atoms with E-state index in [1.807, 2.05) is 18.2 Å². The third-order valence-corrected chi connectivity index (χ3v) is 3.02. The Balaban J connectivity index is 1.91. The first kappa shape index (κ1) is 11.4. The summed E-state index contributed by atoms with van der Waals surface area (Å²) in [4.78, 5) is 6.65. The first-order valence-electron chi connectivity index (χ1n) is 5.88. The number of rotatable bonds is 2. The second-order valence-electron chi connectivity index (χ2n) is 5.31. The molecule has 2 rings (SSSR count). The lowest BCUT2D eigenvalue weighted by Gasteiger charge is -2.31. The lowest BCUT2D eigenvalue weighted by Crippen LogP contribution is -2.40. The van der Waals surface area contributed by atoms with Gasteiger partial charge in [-0.3, -0.25) is 4.90 Å². The number of aromatic nitrogens is 1. The smallest absolute Gasteiger partial charge is 0.213 e. The molecular formula is C13H20N2O. The van der Waals surface area contributed by atoms with Crippen LogP contribution < -0.4 is 4.74 Å². The van der Waals surface area contributed by atoms with Crippen LogP contribution in [-0.4, -0.2) is 34.6 Å². The average molecular weight is 220 g/mol. The molecule has 0 amide bonds. The van der Waals surface area contributed by atoms with Gasteiger partial charge in [0.25, 0.3) is 0 Å². The van der Waals surface area contributed by atoms with Gasteiger partial charge in [0.15, 0.2) is 0 Å². The number of hydrogen-bond donors (Lipinski definition) is 0. The predicted molar refractivity (Wildman–Crippen MR) is 64.6 cm³/mol. The van der Waals surface area contributed by atoms with Gasteiger partial charge in [-0.1, -0.05) is 6.07 Å². The molecule has 3 nitrogen and oxygen atoms in total. The third kappa shape index (κ3) is 2.73. The Morgan fingerprint density at radius 2 is 2.19 bits per heavy atom. The zero-order valence-corrected chi connectivity index (χ0v) is 10.3. The normalized spacial score (nSPS) is 22.3. The summed E-state index contributed by atoms with van der Waals surface area (Å²) >= 11 is 0. The second kappa shape index (κ2) is 4.42. The molecule has 1 saturated heterocycles. The Bertz CT molecular complexity index is 332. The van der Waals surface area contributed by atoms with E-state index in [2.05, 4.69) is 30.7 Å². The summed E-state index contributed by atoms with van der Waals surface area (Å²) in [6.07, 6.45) is 3.15. The molecule has 1 fully saturated rings. The van der Waals surface area contributed by atoms with Gasteiger partial charge in [-0.25, -0.2) is 4.98 Å². The maximum atomic E-state index is 5.85. The summed E-state index contributed by atoms with van der Waals surface area (Å²) in [5.41, 5.74) is 0.238. The Hall–Kier alpha value is -1.09. The SMILES string of the molecule is CC(C)(C)N1CCC(Oc2ccccn2)C1. The first-order chi connectivity index (χ1) is 7.55. The van der Waals surface area contributed by atoms with Crippen molar-refractivity contribution in [1.29, 1.82) is 0 Å². The van der Waals surface area contributed by atoms with Crippen LogP contribution in [0.15, 0.2) is 24.4 Å². The van der Waals surface area contributed by atoms with Crippen LogP contribution in [-0.2, 0) is 0 Å². The fourth-order valence-corrected chi connectivity index (χ4v) is 2.02. The molecule has 1 aliphatic heterocycles. The van der Waals surface area contributed by atoms with E-state index in [1.165, 1.54) is 0 Å². The number of ether oxygens (including phenoxy) is 1. The van der Waals surface area contributed by atoms with Crippen LogP contribution in [0.5, 0.6) is 5.88 Å². The van der Waals surface area contributed by atoms with Gasteiger partial charge < -0.3 is 4.74 Å². The highest BCUT2D eigenvalue weighted by Crippen LogP contribution is 2.22. The summed E-state index contributed by atoms with van der Waals surface area (Å²) in [5, 5.41) is 0. The molecule has 0 aromatic carbocycles. The predicted octanol–water partition coefficient (Wildman–Crippen LogP) is 2.33.